The van der Waals surface area contributed by atoms with Crippen molar-refractivity contribution in [2.75, 3.05) is 0 Å². The van der Waals surface area contributed by atoms with Crippen LogP contribution in [-0.2, 0) is 9.30 Å². The predicted octanol–water partition coefficient (Wildman–Crippen LogP) is 2.54. The highest BCUT2D eigenvalue weighted by molar-refractivity contribution is 8.34. The number of hydrogen-bond acceptors (Lipinski definition) is 3. The molecule has 4 nitrogen and oxygen atoms in total. The third-order valence-corrected chi connectivity index (χ3v) is 5.49. The molecule has 0 aliphatic carbocycles. The Bertz CT molecular complexity index is 331. The van der Waals surface area contributed by atoms with Gasteiger partial charge < -0.3 is 0 Å². The predicted molar refractivity (Wildman–Crippen MR) is 44.6 cm³/mol. The maximum Gasteiger partial charge on any atom is 0.510 e. The van der Waals surface area contributed by atoms with Crippen molar-refractivity contribution >= 4 is 28.1 Å². The van der Waals surface area contributed by atoms with Gasteiger partial charge in [0.15, 0.2) is 9.30 Å². The average Bonchev–Trinajstić information content (AvgIpc) is 1.77. The zero-order chi connectivity index (χ0) is 12.7. The van der Waals surface area contributed by atoms with E-state index in [4.69, 9.17) is 9.11 Å². The Labute approximate surface area is 83.5 Å². The Balaban J connectivity index is 5.08. The second-order valence-electron chi connectivity index (χ2n) is 2.08. The van der Waals surface area contributed by atoms with Gasteiger partial charge in [0, 0.05) is 0 Å². The quantitative estimate of drug-likeness (QED) is 0.542. The molecule has 0 aliphatic heterocycles. The molecule has 94 valence electrons. The highest BCUT2D eigenvalue weighted by atomic mass is 32.5. The van der Waals surface area contributed by atoms with Crippen molar-refractivity contribution in [1.29, 1.82) is 0 Å². The molecule has 0 amide bonds. The van der Waals surface area contributed by atoms with Crippen LogP contribution >= 0.6 is 18.8 Å². The minimum Gasteiger partial charge on any atom is -0.278 e. The molecule has 0 bridgehead atoms. The summed E-state index contributed by atoms with van der Waals surface area (Å²) in [6.45, 7) is 0. The van der Waals surface area contributed by atoms with Crippen molar-refractivity contribution in [3.63, 3.8) is 0 Å². The SMILES string of the molecule is O=S(=P)(NS(O)(O)C(F)(F)F)C(F)(F)F. The summed E-state index contributed by atoms with van der Waals surface area (Å²) in [4.78, 5) is 0. The van der Waals surface area contributed by atoms with Crippen LogP contribution in [0, 0.1) is 0 Å². The number of alkyl halides is 6. The highest BCUT2D eigenvalue weighted by Crippen LogP contribution is 2.53. The summed E-state index contributed by atoms with van der Waals surface area (Å²) < 4.78 is 97.7. The van der Waals surface area contributed by atoms with Crippen LogP contribution in [0.5, 0.6) is 0 Å². The number of halogens is 6. The Morgan fingerprint density at radius 1 is 1.00 bits per heavy atom. The van der Waals surface area contributed by atoms with E-state index in [9.17, 15) is 30.6 Å². The molecule has 1 unspecified atom stereocenters. The van der Waals surface area contributed by atoms with Crippen molar-refractivity contribution in [2.45, 2.75) is 11.0 Å². The van der Waals surface area contributed by atoms with Gasteiger partial charge in [-0.15, -0.1) is 4.13 Å². The Kier molecular flexibility index (Phi) is 4.00. The van der Waals surface area contributed by atoms with E-state index in [-0.39, 0.29) is 4.13 Å². The Morgan fingerprint density at radius 2 is 1.33 bits per heavy atom. The molecule has 0 radical (unpaired) electrons. The first-order chi connectivity index (χ1) is 6.21. The topological polar surface area (TPSA) is 69.6 Å². The second kappa shape index (κ2) is 3.93. The van der Waals surface area contributed by atoms with Gasteiger partial charge in [-0.05, 0) is 18.8 Å². The Morgan fingerprint density at radius 3 is 1.53 bits per heavy atom. The lowest BCUT2D eigenvalue weighted by molar-refractivity contribution is -0.0543. The summed E-state index contributed by atoms with van der Waals surface area (Å²) >= 11 is 0. The van der Waals surface area contributed by atoms with Gasteiger partial charge in [0.1, 0.15) is 0 Å². The van der Waals surface area contributed by atoms with Crippen LogP contribution < -0.4 is 4.13 Å². The summed E-state index contributed by atoms with van der Waals surface area (Å²) in [6.07, 6.45) is 0. The largest absolute Gasteiger partial charge is 0.510 e. The van der Waals surface area contributed by atoms with Crippen LogP contribution in [0.4, 0.5) is 26.3 Å². The van der Waals surface area contributed by atoms with E-state index in [1.165, 1.54) is 8.02 Å². The molecule has 0 heterocycles. The van der Waals surface area contributed by atoms with Crippen LogP contribution in [-0.4, -0.2) is 24.3 Å². The van der Waals surface area contributed by atoms with Gasteiger partial charge in [0.05, 0.1) is 0 Å². The monoisotopic (exact) mass is 299 g/mol. The fourth-order valence-electron chi connectivity index (χ4n) is 0.258. The smallest absolute Gasteiger partial charge is 0.278 e. The van der Waals surface area contributed by atoms with Crippen molar-refractivity contribution in [3.05, 3.63) is 0 Å². The molecule has 0 rings (SSSR count). The molecule has 0 aromatic carbocycles. The molecule has 13 heteroatoms. The van der Waals surface area contributed by atoms with Crippen LogP contribution in [0.15, 0.2) is 0 Å². The molecule has 0 spiro atoms. The van der Waals surface area contributed by atoms with Gasteiger partial charge in [0.2, 0.25) is 0 Å². The van der Waals surface area contributed by atoms with Gasteiger partial charge in [-0.3, -0.25) is 9.11 Å². The number of hydrogen-bond donors (Lipinski definition) is 3. The van der Waals surface area contributed by atoms with E-state index in [1.807, 2.05) is 0 Å². The molecule has 3 N–H and O–H groups in total. The molecule has 0 aliphatic rings. The first-order valence-electron chi connectivity index (χ1n) is 2.69. The van der Waals surface area contributed by atoms with Crippen LogP contribution in [0.25, 0.3) is 0 Å². The minimum atomic E-state index is -5.83. The number of nitrogens with one attached hydrogen (secondary N) is 1. The van der Waals surface area contributed by atoms with Gasteiger partial charge in [-0.2, -0.15) is 26.3 Å². The molecule has 0 aromatic rings. The first-order valence-corrected chi connectivity index (χ1v) is 7.02. The third-order valence-electron chi connectivity index (χ3n) is 0.882. The van der Waals surface area contributed by atoms with E-state index in [0.29, 0.717) is 0 Å². The minimum absolute atomic E-state index is 0.198. The third kappa shape index (κ3) is 3.64. The molecule has 0 saturated carbocycles. The van der Waals surface area contributed by atoms with Gasteiger partial charge in [-0.1, -0.05) is 0 Å². The zero-order valence-corrected chi connectivity index (χ0v) is 9.02. The maximum absolute atomic E-state index is 11.8. The van der Waals surface area contributed by atoms with Crippen molar-refractivity contribution in [2.24, 2.45) is 0 Å². The maximum atomic E-state index is 11.8. The fourth-order valence-corrected chi connectivity index (χ4v) is 3.37. The second-order valence-corrected chi connectivity index (χ2v) is 7.61. The molecule has 1 atom stereocenters. The summed E-state index contributed by atoms with van der Waals surface area (Å²) in [6, 6.07) is 0. The van der Waals surface area contributed by atoms with Crippen molar-refractivity contribution in [3.8, 4) is 0 Å². The normalized spacial score (nSPS) is 19.7. The van der Waals surface area contributed by atoms with E-state index in [2.05, 4.69) is 0 Å². The van der Waals surface area contributed by atoms with Crippen molar-refractivity contribution < 1.29 is 39.7 Å². The molecule has 0 aromatic heterocycles. The van der Waals surface area contributed by atoms with E-state index in [1.54, 1.807) is 0 Å². The van der Waals surface area contributed by atoms with Crippen molar-refractivity contribution in [1.82, 2.24) is 4.13 Å². The zero-order valence-electron chi connectivity index (χ0n) is 6.39. The van der Waals surface area contributed by atoms with E-state index < -0.39 is 31.1 Å². The molecular formula is C2H4F6NO3PS2. The van der Waals surface area contributed by atoms with Crippen LogP contribution in [0.1, 0.15) is 0 Å². The molecule has 15 heavy (non-hydrogen) atoms. The summed E-state index contributed by atoms with van der Waals surface area (Å²) in [5.74, 6) is 0. The molecule has 0 saturated heterocycles. The van der Waals surface area contributed by atoms with Gasteiger partial charge in [0.25, 0.3) is 0 Å². The first kappa shape index (κ1) is 15.3. The van der Waals surface area contributed by atoms with Gasteiger partial charge >= 0.3 is 11.0 Å². The fraction of sp³-hybridized carbons (Fsp3) is 1.00. The van der Waals surface area contributed by atoms with E-state index >= 15 is 0 Å². The van der Waals surface area contributed by atoms with Gasteiger partial charge in [-0.25, -0.2) is 4.21 Å². The molecule has 0 fully saturated rings. The lowest BCUT2D eigenvalue weighted by Gasteiger charge is -2.34. The Hall–Kier alpha value is 0.260. The average molecular weight is 299 g/mol. The highest BCUT2D eigenvalue weighted by Gasteiger charge is 2.52. The standard InChI is InChI=1S/C2H4F6NO3PS2/c3-1(4,5)14(10,11)9-15(12,13)2(6,7)8/h10-11,13H,(H,9,12). The van der Waals surface area contributed by atoms with Crippen LogP contribution in [0.2, 0.25) is 0 Å². The molecular weight excluding hydrogens is 295 g/mol. The summed E-state index contributed by atoms with van der Waals surface area (Å²) in [7, 11) is -9.77. The van der Waals surface area contributed by atoms with E-state index in [0.717, 1.165) is 0 Å². The summed E-state index contributed by atoms with van der Waals surface area (Å²) in [5, 5.41) is 0. The number of rotatable bonds is 2. The van der Waals surface area contributed by atoms with Crippen LogP contribution in [0.3, 0.4) is 0 Å². The lowest BCUT2D eigenvalue weighted by Crippen LogP contribution is -2.40. The lowest BCUT2D eigenvalue weighted by atomic mass is 11.6. The summed E-state index contributed by atoms with van der Waals surface area (Å²) in [5.41, 5.74) is -11.4.